The van der Waals surface area contributed by atoms with Gasteiger partial charge in [0.2, 0.25) is 0 Å². The van der Waals surface area contributed by atoms with Crippen LogP contribution in [0.25, 0.3) is 0 Å². The Hall–Kier alpha value is -1.32. The van der Waals surface area contributed by atoms with E-state index >= 15 is 0 Å². The molecular weight excluding hydrogens is 278 g/mol. The van der Waals surface area contributed by atoms with Crippen molar-refractivity contribution >= 4 is 15.9 Å². The second-order valence-corrected chi connectivity index (χ2v) is 4.78. The van der Waals surface area contributed by atoms with E-state index in [1.165, 1.54) is 0 Å². The van der Waals surface area contributed by atoms with Crippen LogP contribution in [0.2, 0.25) is 0 Å². The lowest BCUT2D eigenvalue weighted by Crippen LogP contribution is -1.96. The molecule has 2 aromatic rings. The van der Waals surface area contributed by atoms with Crippen LogP contribution in [-0.2, 0) is 6.54 Å². The molecule has 0 bridgehead atoms. The van der Waals surface area contributed by atoms with E-state index in [-0.39, 0.29) is 0 Å². The Bertz CT molecular complexity index is 525. The van der Waals surface area contributed by atoms with Crippen molar-refractivity contribution in [2.24, 2.45) is 5.73 Å². The Labute approximate surface area is 110 Å². The van der Waals surface area contributed by atoms with Gasteiger partial charge in [0.25, 0.3) is 0 Å². The van der Waals surface area contributed by atoms with Crippen molar-refractivity contribution in [1.82, 2.24) is 0 Å². The van der Waals surface area contributed by atoms with Gasteiger partial charge in [-0.15, -0.1) is 0 Å². The fourth-order valence-electron chi connectivity index (χ4n) is 1.55. The van der Waals surface area contributed by atoms with Crippen LogP contribution in [0.4, 0.5) is 0 Å². The van der Waals surface area contributed by atoms with E-state index in [0.29, 0.717) is 6.54 Å². The lowest BCUT2D eigenvalue weighted by molar-refractivity contribution is 0.478. The Morgan fingerprint density at radius 2 is 2.00 bits per heavy atom. The lowest BCUT2D eigenvalue weighted by Gasteiger charge is -2.10. The molecule has 0 heterocycles. The molecule has 0 radical (unpaired) electrons. The van der Waals surface area contributed by atoms with Crippen LogP contribution in [-0.4, -0.2) is 0 Å². The zero-order valence-electron chi connectivity index (χ0n) is 9.61. The first-order valence-corrected chi connectivity index (χ1v) is 6.21. The van der Waals surface area contributed by atoms with Crippen LogP contribution in [0.15, 0.2) is 46.9 Å². The minimum Gasteiger partial charge on any atom is -0.457 e. The second-order valence-electron chi connectivity index (χ2n) is 3.86. The molecule has 0 aliphatic rings. The summed E-state index contributed by atoms with van der Waals surface area (Å²) in [5.74, 6) is 1.67. The molecule has 2 N–H and O–H groups in total. The van der Waals surface area contributed by atoms with Crippen molar-refractivity contribution in [1.29, 1.82) is 0 Å². The third-order valence-electron chi connectivity index (χ3n) is 2.51. The maximum Gasteiger partial charge on any atom is 0.131 e. The first-order chi connectivity index (χ1) is 8.19. The summed E-state index contributed by atoms with van der Waals surface area (Å²) in [6, 6.07) is 13.8. The summed E-state index contributed by atoms with van der Waals surface area (Å²) in [5.41, 5.74) is 7.77. The molecule has 0 unspecified atom stereocenters. The Balaban J connectivity index is 2.27. The van der Waals surface area contributed by atoms with Crippen LogP contribution >= 0.6 is 15.9 Å². The largest absolute Gasteiger partial charge is 0.457 e. The number of hydrogen-bond acceptors (Lipinski definition) is 2. The van der Waals surface area contributed by atoms with Gasteiger partial charge >= 0.3 is 0 Å². The van der Waals surface area contributed by atoms with Gasteiger partial charge in [-0.05, 0) is 42.3 Å². The predicted octanol–water partition coefficient (Wildman–Crippen LogP) is 4.01. The highest BCUT2D eigenvalue weighted by Crippen LogP contribution is 2.28. The van der Waals surface area contributed by atoms with Crippen molar-refractivity contribution in [2.75, 3.05) is 0 Å². The monoisotopic (exact) mass is 291 g/mol. The fourth-order valence-corrected chi connectivity index (χ4v) is 1.89. The fraction of sp³-hybridized carbons (Fsp3) is 0.143. The van der Waals surface area contributed by atoms with Crippen LogP contribution < -0.4 is 10.5 Å². The number of ether oxygens (including phenoxy) is 1. The molecular formula is C14H14BrNO. The second kappa shape index (κ2) is 5.34. The van der Waals surface area contributed by atoms with Gasteiger partial charge in [-0.1, -0.05) is 34.1 Å². The van der Waals surface area contributed by atoms with Gasteiger partial charge in [-0.2, -0.15) is 0 Å². The number of nitrogens with two attached hydrogens (primary N) is 1. The Kier molecular flexibility index (Phi) is 3.82. The van der Waals surface area contributed by atoms with Crippen molar-refractivity contribution in [3.8, 4) is 11.5 Å². The molecule has 0 spiro atoms. The van der Waals surface area contributed by atoms with E-state index in [9.17, 15) is 0 Å². The summed E-state index contributed by atoms with van der Waals surface area (Å²) in [6.07, 6.45) is 0. The Morgan fingerprint density at radius 3 is 2.76 bits per heavy atom. The molecule has 0 aliphatic carbocycles. The first kappa shape index (κ1) is 12.1. The molecule has 0 amide bonds. The van der Waals surface area contributed by atoms with Crippen molar-refractivity contribution < 1.29 is 4.74 Å². The minimum absolute atomic E-state index is 0.522. The van der Waals surface area contributed by atoms with Crippen molar-refractivity contribution in [3.05, 3.63) is 58.1 Å². The third-order valence-corrected chi connectivity index (χ3v) is 3.01. The van der Waals surface area contributed by atoms with Crippen molar-refractivity contribution in [2.45, 2.75) is 13.5 Å². The standard InChI is InChI=1S/C14H14BrNO/c1-10-5-6-12(15)8-14(10)17-13-4-2-3-11(7-13)9-16/h2-8H,9,16H2,1H3. The average molecular weight is 292 g/mol. The molecule has 0 saturated carbocycles. The summed E-state index contributed by atoms with van der Waals surface area (Å²) >= 11 is 3.44. The molecule has 2 rings (SSSR count). The smallest absolute Gasteiger partial charge is 0.131 e. The van der Waals surface area contributed by atoms with Crippen LogP contribution in [0, 0.1) is 6.92 Å². The summed E-state index contributed by atoms with van der Waals surface area (Å²) < 4.78 is 6.85. The normalized spacial score (nSPS) is 10.3. The molecule has 2 aromatic carbocycles. The van der Waals surface area contributed by atoms with Gasteiger partial charge in [0.05, 0.1) is 0 Å². The highest BCUT2D eigenvalue weighted by atomic mass is 79.9. The highest BCUT2D eigenvalue weighted by molar-refractivity contribution is 9.10. The number of aryl methyl sites for hydroxylation is 1. The van der Waals surface area contributed by atoms with Crippen molar-refractivity contribution in [3.63, 3.8) is 0 Å². The number of rotatable bonds is 3. The average Bonchev–Trinajstić information content (AvgIpc) is 2.34. The van der Waals surface area contributed by atoms with Gasteiger partial charge in [0, 0.05) is 11.0 Å². The van der Waals surface area contributed by atoms with Gasteiger partial charge in [0.1, 0.15) is 11.5 Å². The van der Waals surface area contributed by atoms with Crippen LogP contribution in [0.3, 0.4) is 0 Å². The van der Waals surface area contributed by atoms with Crippen LogP contribution in [0.5, 0.6) is 11.5 Å². The third kappa shape index (κ3) is 3.08. The zero-order chi connectivity index (χ0) is 12.3. The molecule has 0 saturated heterocycles. The van der Waals surface area contributed by atoms with E-state index in [4.69, 9.17) is 10.5 Å². The minimum atomic E-state index is 0.522. The van der Waals surface area contributed by atoms with E-state index in [0.717, 1.165) is 27.1 Å². The SMILES string of the molecule is Cc1ccc(Br)cc1Oc1cccc(CN)c1. The van der Waals surface area contributed by atoms with Gasteiger partial charge in [-0.3, -0.25) is 0 Å². The van der Waals surface area contributed by atoms with E-state index in [2.05, 4.69) is 15.9 Å². The molecule has 0 aromatic heterocycles. The number of halogens is 1. The molecule has 0 fully saturated rings. The molecule has 2 nitrogen and oxygen atoms in total. The van der Waals surface area contributed by atoms with Crippen LogP contribution in [0.1, 0.15) is 11.1 Å². The van der Waals surface area contributed by atoms with Gasteiger partial charge in [0.15, 0.2) is 0 Å². The number of hydrogen-bond donors (Lipinski definition) is 1. The maximum absolute atomic E-state index is 5.85. The highest BCUT2D eigenvalue weighted by Gasteiger charge is 2.02. The molecule has 3 heteroatoms. The molecule has 88 valence electrons. The van der Waals surface area contributed by atoms with Gasteiger partial charge < -0.3 is 10.5 Å². The lowest BCUT2D eigenvalue weighted by atomic mass is 10.2. The van der Waals surface area contributed by atoms with Gasteiger partial charge in [-0.25, -0.2) is 0 Å². The first-order valence-electron chi connectivity index (χ1n) is 5.42. The Morgan fingerprint density at radius 1 is 1.18 bits per heavy atom. The van der Waals surface area contributed by atoms with E-state index < -0.39 is 0 Å². The maximum atomic E-state index is 5.85. The summed E-state index contributed by atoms with van der Waals surface area (Å²) in [4.78, 5) is 0. The zero-order valence-corrected chi connectivity index (χ0v) is 11.2. The number of benzene rings is 2. The topological polar surface area (TPSA) is 35.2 Å². The predicted molar refractivity (Wildman–Crippen MR) is 73.3 cm³/mol. The summed E-state index contributed by atoms with van der Waals surface area (Å²) in [5, 5.41) is 0. The molecule has 0 atom stereocenters. The quantitative estimate of drug-likeness (QED) is 0.927. The molecule has 17 heavy (non-hydrogen) atoms. The summed E-state index contributed by atoms with van der Waals surface area (Å²) in [6.45, 7) is 2.54. The summed E-state index contributed by atoms with van der Waals surface area (Å²) in [7, 11) is 0. The van der Waals surface area contributed by atoms with E-state index in [1.807, 2.05) is 49.4 Å². The molecule has 0 aliphatic heterocycles. The van der Waals surface area contributed by atoms with E-state index in [1.54, 1.807) is 0 Å².